The maximum Gasteiger partial charge on any atom is 0.237 e. The van der Waals surface area contributed by atoms with Crippen LogP contribution in [0.4, 0.5) is 0 Å². The summed E-state index contributed by atoms with van der Waals surface area (Å²) >= 11 is 0.610. The molecule has 0 fully saturated rings. The Hall–Kier alpha value is 0.272. The zero-order chi connectivity index (χ0) is 14.0. The molecule has 111 valence electrons. The predicted octanol–water partition coefficient (Wildman–Crippen LogP) is 6.73. The molecule has 1 heteroatoms. The van der Waals surface area contributed by atoms with Crippen LogP contribution >= 0.6 is 0 Å². The molecule has 0 unspecified atom stereocenters. The summed E-state index contributed by atoms with van der Waals surface area (Å²) in [6.45, 7) is 4.58. The van der Waals surface area contributed by atoms with Gasteiger partial charge in [-0.15, -0.1) is 6.08 Å². The first kappa shape index (κ1) is 19.3. The van der Waals surface area contributed by atoms with Gasteiger partial charge in [-0.05, 0) is 12.8 Å². The van der Waals surface area contributed by atoms with Gasteiger partial charge in [-0.25, -0.2) is 0 Å². The van der Waals surface area contributed by atoms with Crippen LogP contribution in [0, 0.1) is 0 Å². The quantitative estimate of drug-likeness (QED) is 0.230. The van der Waals surface area contributed by atoms with E-state index < -0.39 is 0 Å². The Morgan fingerprint density at radius 2 is 1.16 bits per heavy atom. The SMILES string of the molecule is CCCCCCCCC=[CH][Al][CH2]CCCCCCC. The first-order chi connectivity index (χ1) is 9.41. The summed E-state index contributed by atoms with van der Waals surface area (Å²) in [5.74, 6) is 0. The van der Waals surface area contributed by atoms with Crippen molar-refractivity contribution in [3.8, 4) is 0 Å². The minimum Gasteiger partial charge on any atom is -0.161 e. The molecule has 0 aliphatic carbocycles. The normalized spacial score (nSPS) is 11.3. The molecule has 19 heavy (non-hydrogen) atoms. The van der Waals surface area contributed by atoms with E-state index in [4.69, 9.17) is 0 Å². The number of rotatable bonds is 15. The summed E-state index contributed by atoms with van der Waals surface area (Å²) in [5.41, 5.74) is 0. The third-order valence-electron chi connectivity index (χ3n) is 3.72. The topological polar surface area (TPSA) is 0 Å². The van der Waals surface area contributed by atoms with E-state index in [1.54, 1.807) is 0 Å². The predicted molar refractivity (Wildman–Crippen MR) is 91.1 cm³/mol. The highest BCUT2D eigenvalue weighted by molar-refractivity contribution is 6.41. The van der Waals surface area contributed by atoms with E-state index in [1.807, 2.05) is 0 Å². The van der Waals surface area contributed by atoms with Crippen LogP contribution in [0.15, 0.2) is 11.0 Å². The molecule has 0 aromatic heterocycles. The molecular weight excluding hydrogens is 243 g/mol. The summed E-state index contributed by atoms with van der Waals surface area (Å²) in [6, 6.07) is 0. The first-order valence-corrected chi connectivity index (χ1v) is 10.4. The van der Waals surface area contributed by atoms with Gasteiger partial charge in [0.25, 0.3) is 0 Å². The van der Waals surface area contributed by atoms with Gasteiger partial charge in [0.05, 0.1) is 0 Å². The zero-order valence-electron chi connectivity index (χ0n) is 13.6. The molecule has 0 bridgehead atoms. The lowest BCUT2D eigenvalue weighted by Gasteiger charge is -1.99. The average Bonchev–Trinajstić information content (AvgIpc) is 2.43. The Morgan fingerprint density at radius 3 is 1.79 bits per heavy atom. The molecule has 1 radical (unpaired) electrons. The van der Waals surface area contributed by atoms with Crippen molar-refractivity contribution < 1.29 is 0 Å². The van der Waals surface area contributed by atoms with Crippen molar-refractivity contribution in [3.05, 3.63) is 11.0 Å². The number of allylic oxidation sites excluding steroid dienone is 1. The fourth-order valence-corrected chi connectivity index (χ4v) is 3.48. The van der Waals surface area contributed by atoms with Crippen LogP contribution in [0.3, 0.4) is 0 Å². The zero-order valence-corrected chi connectivity index (χ0v) is 14.8. The van der Waals surface area contributed by atoms with Crippen molar-refractivity contribution >= 4 is 15.2 Å². The second kappa shape index (κ2) is 18.3. The Balaban J connectivity index is 3.01. The van der Waals surface area contributed by atoms with Crippen LogP contribution in [0.2, 0.25) is 5.28 Å². The molecule has 0 spiro atoms. The maximum absolute atomic E-state index is 2.50. The second-order valence-corrected chi connectivity index (χ2v) is 7.21. The van der Waals surface area contributed by atoms with Crippen LogP contribution in [-0.4, -0.2) is 15.2 Å². The monoisotopic (exact) mass is 279 g/mol. The third-order valence-corrected chi connectivity index (χ3v) is 5.01. The van der Waals surface area contributed by atoms with E-state index in [1.165, 1.54) is 88.8 Å². The van der Waals surface area contributed by atoms with Crippen LogP contribution in [-0.2, 0) is 0 Å². The van der Waals surface area contributed by atoms with Crippen LogP contribution in [0.25, 0.3) is 0 Å². The fourth-order valence-electron chi connectivity index (χ4n) is 2.37. The molecule has 0 heterocycles. The first-order valence-electron chi connectivity index (χ1n) is 8.90. The average molecular weight is 279 g/mol. The summed E-state index contributed by atoms with van der Waals surface area (Å²) in [6.07, 6.45) is 21.0. The molecule has 0 aliphatic rings. The van der Waals surface area contributed by atoms with Gasteiger partial charge < -0.3 is 0 Å². The molecule has 0 aromatic rings. The standard InChI is InChI=1S/C10H19.C8H17.Al/c1-3-5-7-9-10-8-6-4-2;1-3-5-7-8-6-4-2;/h1,3H,4-10H2,2H3;1,3-8H2,2H3;. The molecule has 0 N–H and O–H groups in total. The lowest BCUT2D eigenvalue weighted by atomic mass is 10.1. The van der Waals surface area contributed by atoms with E-state index in [2.05, 4.69) is 24.9 Å². The maximum atomic E-state index is 2.50. The lowest BCUT2D eigenvalue weighted by Crippen LogP contribution is -1.85. The van der Waals surface area contributed by atoms with Gasteiger partial charge in [0.15, 0.2) is 0 Å². The summed E-state index contributed by atoms with van der Waals surface area (Å²) < 4.78 is 0. The van der Waals surface area contributed by atoms with E-state index in [0.29, 0.717) is 15.2 Å². The van der Waals surface area contributed by atoms with Gasteiger partial charge in [0, 0.05) is 0 Å². The summed E-state index contributed by atoms with van der Waals surface area (Å²) in [4.78, 5) is 2.50. The largest absolute Gasteiger partial charge is 0.237 e. The smallest absolute Gasteiger partial charge is 0.161 e. The highest BCUT2D eigenvalue weighted by Crippen LogP contribution is 2.08. The molecular formula is C18H36Al. The van der Waals surface area contributed by atoms with Gasteiger partial charge in [0.1, 0.15) is 0 Å². The van der Waals surface area contributed by atoms with Crippen molar-refractivity contribution in [2.75, 3.05) is 0 Å². The van der Waals surface area contributed by atoms with Gasteiger partial charge in [0.2, 0.25) is 15.2 Å². The lowest BCUT2D eigenvalue weighted by molar-refractivity contribution is 0.611. The van der Waals surface area contributed by atoms with Crippen LogP contribution < -0.4 is 0 Å². The van der Waals surface area contributed by atoms with E-state index >= 15 is 0 Å². The molecule has 0 nitrogen and oxygen atoms in total. The molecule has 0 rings (SSSR count). The van der Waals surface area contributed by atoms with Crippen LogP contribution in [0.5, 0.6) is 0 Å². The Kier molecular flexibility index (Phi) is 18.5. The molecule has 0 aliphatic heterocycles. The fraction of sp³-hybridized carbons (Fsp3) is 0.889. The van der Waals surface area contributed by atoms with E-state index in [9.17, 15) is 0 Å². The van der Waals surface area contributed by atoms with E-state index in [-0.39, 0.29) is 0 Å². The van der Waals surface area contributed by atoms with Gasteiger partial charge in [-0.1, -0.05) is 89.8 Å². The summed E-state index contributed by atoms with van der Waals surface area (Å²) in [7, 11) is 0. The van der Waals surface area contributed by atoms with Crippen molar-refractivity contribution in [1.29, 1.82) is 0 Å². The molecule has 0 amide bonds. The molecule has 0 atom stereocenters. The summed E-state index contributed by atoms with van der Waals surface area (Å²) in [5, 5.41) is 1.49. The Morgan fingerprint density at radius 1 is 0.632 bits per heavy atom. The third kappa shape index (κ3) is 18.3. The minimum atomic E-state index is 0.610. The van der Waals surface area contributed by atoms with Crippen molar-refractivity contribution in [2.24, 2.45) is 0 Å². The van der Waals surface area contributed by atoms with Crippen LogP contribution in [0.1, 0.15) is 97.3 Å². The number of hydrogen-bond acceptors (Lipinski definition) is 0. The number of unbranched alkanes of at least 4 members (excludes halogenated alkanes) is 11. The molecule has 0 saturated heterocycles. The Labute approximate surface area is 129 Å². The van der Waals surface area contributed by atoms with Crippen molar-refractivity contribution in [2.45, 2.75) is 103 Å². The Bertz CT molecular complexity index is 175. The second-order valence-electron chi connectivity index (χ2n) is 5.78. The van der Waals surface area contributed by atoms with E-state index in [0.717, 1.165) is 0 Å². The van der Waals surface area contributed by atoms with Gasteiger partial charge in [-0.2, -0.15) is 4.94 Å². The highest BCUT2D eigenvalue weighted by Gasteiger charge is 1.91. The van der Waals surface area contributed by atoms with Gasteiger partial charge in [-0.3, -0.25) is 0 Å². The number of hydrogen-bond donors (Lipinski definition) is 0. The molecule has 0 saturated carbocycles. The van der Waals surface area contributed by atoms with Crippen molar-refractivity contribution in [1.82, 2.24) is 0 Å². The van der Waals surface area contributed by atoms with Gasteiger partial charge >= 0.3 is 0 Å². The van der Waals surface area contributed by atoms with Crippen molar-refractivity contribution in [3.63, 3.8) is 0 Å². The highest BCUT2D eigenvalue weighted by atomic mass is 27.1. The molecule has 0 aromatic carbocycles. The minimum absolute atomic E-state index is 0.610.